The molecule has 0 saturated carbocycles. The minimum absolute atomic E-state index is 0.0727. The number of halogens is 2. The van der Waals surface area contributed by atoms with Crippen LogP contribution < -0.4 is 10.6 Å². The maximum Gasteiger partial charge on any atom is 0.231 e. The molecule has 4 aliphatic heterocycles. The van der Waals surface area contributed by atoms with Gasteiger partial charge in [-0.3, -0.25) is 9.59 Å². The summed E-state index contributed by atoms with van der Waals surface area (Å²) in [6.45, 7) is 9.04. The van der Waals surface area contributed by atoms with E-state index in [1.165, 1.54) is 0 Å². The second-order valence-corrected chi connectivity index (χ2v) is 13.1. The lowest BCUT2D eigenvalue weighted by Crippen LogP contribution is -2.66. The number of rotatable bonds is 4. The lowest BCUT2D eigenvalue weighted by Gasteiger charge is -2.51. The van der Waals surface area contributed by atoms with Gasteiger partial charge in [0.2, 0.25) is 11.8 Å². The average Bonchev–Trinajstić information content (AvgIpc) is 2.82. The largest absolute Gasteiger partial charge is 0.393 e. The summed E-state index contributed by atoms with van der Waals surface area (Å²) in [6, 6.07) is 11.3. The molecule has 2 aromatic carbocycles. The molecule has 4 aliphatic rings. The Labute approximate surface area is 244 Å². The molecule has 0 radical (unpaired) electrons. The molecule has 10 heteroatoms. The number of hydrogen-bond acceptors (Lipinski definition) is 6. The minimum atomic E-state index is -0.769. The quantitative estimate of drug-likeness (QED) is 0.433. The highest BCUT2D eigenvalue weighted by molar-refractivity contribution is 6.31. The zero-order chi connectivity index (χ0) is 29.1. The van der Waals surface area contributed by atoms with Crippen molar-refractivity contribution in [1.29, 1.82) is 0 Å². The Bertz CT molecular complexity index is 1240. The highest BCUT2D eigenvalue weighted by atomic mass is 35.5. The predicted octanol–water partition coefficient (Wildman–Crippen LogP) is 3.45. The molecule has 0 bridgehead atoms. The van der Waals surface area contributed by atoms with Gasteiger partial charge in [-0.15, -0.1) is 0 Å². The van der Waals surface area contributed by atoms with E-state index < -0.39 is 34.1 Å². The molecular weight excluding hydrogens is 555 g/mol. The molecule has 4 atom stereocenters. The van der Waals surface area contributed by atoms with Gasteiger partial charge in [-0.25, -0.2) is 0 Å². The summed E-state index contributed by atoms with van der Waals surface area (Å²) in [5, 5.41) is 26.9. The van der Waals surface area contributed by atoms with Crippen LogP contribution in [0, 0.1) is 0 Å². The van der Waals surface area contributed by atoms with Gasteiger partial charge in [0.05, 0.1) is 49.5 Å². The van der Waals surface area contributed by atoms with Gasteiger partial charge in [-0.1, -0.05) is 35.3 Å². The molecular formula is C30H36Cl2N2O6. The molecule has 0 aliphatic carbocycles. The molecule has 2 spiro atoms. The summed E-state index contributed by atoms with van der Waals surface area (Å²) in [6.07, 6.45) is -0.403. The van der Waals surface area contributed by atoms with Gasteiger partial charge >= 0.3 is 0 Å². The molecule has 6 rings (SSSR count). The molecule has 0 aromatic heterocycles. The number of ether oxygens (including phenoxy) is 2. The van der Waals surface area contributed by atoms with Crippen LogP contribution in [0.15, 0.2) is 36.4 Å². The van der Waals surface area contributed by atoms with Crippen LogP contribution in [-0.2, 0) is 41.0 Å². The van der Waals surface area contributed by atoms with Gasteiger partial charge in [0.1, 0.15) is 11.1 Å². The number of aliphatic hydroxyl groups is 2. The van der Waals surface area contributed by atoms with E-state index in [9.17, 15) is 19.8 Å². The first-order chi connectivity index (χ1) is 18.7. The highest BCUT2D eigenvalue weighted by Gasteiger charge is 2.55. The van der Waals surface area contributed by atoms with Crippen molar-refractivity contribution >= 4 is 35.0 Å². The fraction of sp³-hybridized carbons (Fsp3) is 0.533. The van der Waals surface area contributed by atoms with Gasteiger partial charge in [-0.05, 0) is 87.1 Å². The van der Waals surface area contributed by atoms with Gasteiger partial charge in [0.15, 0.2) is 0 Å². The van der Waals surface area contributed by atoms with Gasteiger partial charge in [0, 0.05) is 10.0 Å². The highest BCUT2D eigenvalue weighted by Crippen LogP contribution is 2.46. The lowest BCUT2D eigenvalue weighted by molar-refractivity contribution is -0.143. The van der Waals surface area contributed by atoms with Crippen molar-refractivity contribution < 1.29 is 29.3 Å². The van der Waals surface area contributed by atoms with E-state index >= 15 is 0 Å². The van der Waals surface area contributed by atoms with Crippen LogP contribution in [0.3, 0.4) is 0 Å². The number of fused-ring (bicyclic) bond motifs is 4. The zero-order valence-corrected chi connectivity index (χ0v) is 24.7. The molecule has 4 N–H and O–H groups in total. The normalized spacial score (nSPS) is 28.5. The SMILES string of the molecule is C[C@@H](O)C[C@@]1(C)C(=O)NC2(COC2)c2ccc(Cl)cc21.C[C@H](O)CC1(C)C(=O)NC2(COC2)c2ccc(Cl)cc21. The van der Waals surface area contributed by atoms with E-state index in [1.807, 2.05) is 50.2 Å². The van der Waals surface area contributed by atoms with Crippen LogP contribution in [0.2, 0.25) is 10.0 Å². The molecule has 2 aromatic rings. The van der Waals surface area contributed by atoms with E-state index in [0.717, 1.165) is 22.3 Å². The van der Waals surface area contributed by atoms with Crippen LogP contribution in [0.4, 0.5) is 0 Å². The third kappa shape index (κ3) is 4.72. The van der Waals surface area contributed by atoms with E-state index in [2.05, 4.69) is 10.6 Å². The first-order valence-electron chi connectivity index (χ1n) is 13.5. The molecule has 4 heterocycles. The monoisotopic (exact) mass is 590 g/mol. The average molecular weight is 592 g/mol. The van der Waals surface area contributed by atoms with Crippen molar-refractivity contribution in [3.8, 4) is 0 Å². The van der Waals surface area contributed by atoms with Crippen molar-refractivity contribution in [2.75, 3.05) is 26.4 Å². The lowest BCUT2D eigenvalue weighted by atomic mass is 9.67. The summed E-state index contributed by atoms with van der Waals surface area (Å²) in [4.78, 5) is 25.2. The van der Waals surface area contributed by atoms with Crippen molar-refractivity contribution in [1.82, 2.24) is 10.6 Å². The summed E-state index contributed by atoms with van der Waals surface area (Å²) in [7, 11) is 0. The topological polar surface area (TPSA) is 117 Å². The van der Waals surface area contributed by atoms with Gasteiger partial charge < -0.3 is 30.3 Å². The fourth-order valence-electron chi connectivity index (χ4n) is 6.53. The van der Waals surface area contributed by atoms with Crippen LogP contribution in [0.5, 0.6) is 0 Å². The molecule has 2 saturated heterocycles. The number of carbonyl (C=O) groups is 2. The van der Waals surface area contributed by atoms with E-state index in [0.29, 0.717) is 49.3 Å². The first-order valence-corrected chi connectivity index (χ1v) is 14.3. The second-order valence-electron chi connectivity index (χ2n) is 12.2. The number of nitrogens with one attached hydrogen (secondary N) is 2. The number of amides is 2. The number of carbonyl (C=O) groups excluding carboxylic acids is 2. The fourth-order valence-corrected chi connectivity index (χ4v) is 6.87. The molecule has 216 valence electrons. The zero-order valence-electron chi connectivity index (χ0n) is 23.1. The van der Waals surface area contributed by atoms with Crippen LogP contribution in [0.25, 0.3) is 0 Å². The van der Waals surface area contributed by atoms with E-state index in [-0.39, 0.29) is 11.8 Å². The Hall–Kier alpha value is -2.20. The van der Waals surface area contributed by atoms with Crippen LogP contribution in [-0.4, -0.2) is 60.7 Å². The molecule has 40 heavy (non-hydrogen) atoms. The Morgan fingerprint density at radius 1 is 0.725 bits per heavy atom. The third-order valence-corrected chi connectivity index (χ3v) is 9.16. The van der Waals surface area contributed by atoms with Gasteiger partial charge in [0.25, 0.3) is 0 Å². The molecule has 1 unspecified atom stereocenters. The smallest absolute Gasteiger partial charge is 0.231 e. The minimum Gasteiger partial charge on any atom is -0.393 e. The first kappa shape index (κ1) is 29.3. The number of hydrogen-bond donors (Lipinski definition) is 4. The third-order valence-electron chi connectivity index (χ3n) is 8.69. The van der Waals surface area contributed by atoms with Crippen molar-refractivity contribution in [2.45, 2.75) is 74.7 Å². The molecule has 2 fully saturated rings. The van der Waals surface area contributed by atoms with Crippen LogP contribution in [0.1, 0.15) is 62.8 Å². The van der Waals surface area contributed by atoms with E-state index in [4.69, 9.17) is 32.7 Å². The molecule has 2 amide bonds. The summed E-state index contributed by atoms with van der Waals surface area (Å²) in [5.74, 6) is -0.145. The Balaban J connectivity index is 0.000000161. The van der Waals surface area contributed by atoms with Crippen molar-refractivity contribution in [3.63, 3.8) is 0 Å². The van der Waals surface area contributed by atoms with Gasteiger partial charge in [-0.2, -0.15) is 0 Å². The Morgan fingerprint density at radius 3 is 1.35 bits per heavy atom. The standard InChI is InChI=1S/2C15H18ClNO3/c2*1-9(18)6-14(2)12-5-10(16)3-4-11(12)15(7-20-8-15)17-13(14)19/h2*3-5,9,18H,6-8H2,1-2H3,(H,17,19)/t9-,14?;9-,14-/m01/s1. The summed E-state index contributed by atoms with van der Waals surface area (Å²) < 4.78 is 10.6. The number of aliphatic hydroxyl groups excluding tert-OH is 2. The summed E-state index contributed by atoms with van der Waals surface area (Å²) >= 11 is 12.2. The van der Waals surface area contributed by atoms with Crippen molar-refractivity contribution in [2.24, 2.45) is 0 Å². The Morgan fingerprint density at radius 2 is 1.07 bits per heavy atom. The Kier molecular flexibility index (Phi) is 7.52. The number of benzene rings is 2. The summed E-state index contributed by atoms with van der Waals surface area (Å²) in [5.41, 5.74) is 1.53. The second kappa shape index (κ2) is 10.3. The maximum absolute atomic E-state index is 12.6. The maximum atomic E-state index is 12.6. The van der Waals surface area contributed by atoms with E-state index in [1.54, 1.807) is 13.8 Å². The molecule has 8 nitrogen and oxygen atoms in total. The van der Waals surface area contributed by atoms with Crippen molar-refractivity contribution in [3.05, 3.63) is 68.7 Å². The van der Waals surface area contributed by atoms with Crippen LogP contribution >= 0.6 is 23.2 Å². The predicted molar refractivity (Wildman–Crippen MR) is 151 cm³/mol.